The maximum absolute atomic E-state index is 11.7. The van der Waals surface area contributed by atoms with Gasteiger partial charge in [-0.05, 0) is 58.8 Å². The number of rotatable bonds is 4. The van der Waals surface area contributed by atoms with Crippen molar-refractivity contribution in [2.75, 3.05) is 11.9 Å². The van der Waals surface area contributed by atoms with Gasteiger partial charge >= 0.3 is 6.03 Å². The third kappa shape index (κ3) is 4.90. The highest BCUT2D eigenvalue weighted by Crippen LogP contribution is 2.10. The second-order valence-electron chi connectivity index (χ2n) is 4.12. The molecule has 0 heterocycles. The molecule has 0 atom stereocenters. The second kappa shape index (κ2) is 7.13. The summed E-state index contributed by atoms with van der Waals surface area (Å²) in [6, 6.07) is 17.6. The second-order valence-corrected chi connectivity index (χ2v) is 5.37. The van der Waals surface area contributed by atoms with Gasteiger partial charge in [0, 0.05) is 15.8 Å². The van der Waals surface area contributed by atoms with E-state index in [1.54, 1.807) is 0 Å². The monoisotopic (exact) mass is 366 g/mol. The maximum atomic E-state index is 11.7. The summed E-state index contributed by atoms with van der Waals surface area (Å²) in [7, 11) is 0. The molecule has 0 aliphatic rings. The average Bonchev–Trinajstić information content (AvgIpc) is 2.43. The van der Waals surface area contributed by atoms with Gasteiger partial charge in [-0.15, -0.1) is 0 Å². The Morgan fingerprint density at radius 1 is 1.00 bits per heavy atom. The first kappa shape index (κ1) is 13.9. The fourth-order valence-electron chi connectivity index (χ4n) is 1.67. The van der Waals surface area contributed by atoms with Gasteiger partial charge in [-0.1, -0.05) is 30.3 Å². The van der Waals surface area contributed by atoms with Gasteiger partial charge in [0.25, 0.3) is 0 Å². The number of benzene rings is 2. The van der Waals surface area contributed by atoms with Gasteiger partial charge in [0.2, 0.25) is 0 Å². The molecule has 0 unspecified atom stereocenters. The van der Waals surface area contributed by atoms with E-state index in [1.165, 1.54) is 5.56 Å². The number of amides is 2. The minimum atomic E-state index is -0.169. The van der Waals surface area contributed by atoms with Crippen LogP contribution in [-0.2, 0) is 6.42 Å². The van der Waals surface area contributed by atoms with Gasteiger partial charge in [-0.3, -0.25) is 0 Å². The number of hydrogen-bond acceptors (Lipinski definition) is 1. The Hall–Kier alpha value is -1.56. The van der Waals surface area contributed by atoms with Gasteiger partial charge in [0.05, 0.1) is 0 Å². The Morgan fingerprint density at radius 2 is 1.68 bits per heavy atom. The molecule has 0 radical (unpaired) electrons. The standard InChI is InChI=1S/C15H15IN2O/c16-13-6-8-14(9-7-13)18-15(19)17-11-10-12-4-2-1-3-5-12/h1-9H,10-11H2,(H2,17,18,19). The fraction of sp³-hybridized carbons (Fsp3) is 0.133. The number of halogens is 1. The number of urea groups is 1. The highest BCUT2D eigenvalue weighted by Gasteiger charge is 2.00. The van der Waals surface area contributed by atoms with Crippen LogP contribution in [0, 0.1) is 3.57 Å². The smallest absolute Gasteiger partial charge is 0.319 e. The van der Waals surface area contributed by atoms with Crippen LogP contribution >= 0.6 is 22.6 Å². The molecule has 4 heteroatoms. The maximum Gasteiger partial charge on any atom is 0.319 e. The molecule has 2 N–H and O–H groups in total. The van der Waals surface area contributed by atoms with Crippen molar-refractivity contribution < 1.29 is 4.79 Å². The molecule has 2 rings (SSSR count). The lowest BCUT2D eigenvalue weighted by Gasteiger charge is -2.07. The Labute approximate surface area is 126 Å². The zero-order chi connectivity index (χ0) is 13.5. The highest BCUT2D eigenvalue weighted by atomic mass is 127. The van der Waals surface area contributed by atoms with Crippen LogP contribution in [0.25, 0.3) is 0 Å². The molecule has 0 aromatic heterocycles. The Morgan fingerprint density at radius 3 is 2.37 bits per heavy atom. The summed E-state index contributed by atoms with van der Waals surface area (Å²) in [5.41, 5.74) is 2.02. The van der Waals surface area contributed by atoms with E-state index >= 15 is 0 Å². The van der Waals surface area contributed by atoms with Crippen molar-refractivity contribution in [2.45, 2.75) is 6.42 Å². The highest BCUT2D eigenvalue weighted by molar-refractivity contribution is 14.1. The van der Waals surface area contributed by atoms with Crippen molar-refractivity contribution in [3.05, 3.63) is 63.7 Å². The van der Waals surface area contributed by atoms with Gasteiger partial charge in [0.15, 0.2) is 0 Å². The molecule has 2 aromatic carbocycles. The lowest BCUT2D eigenvalue weighted by molar-refractivity contribution is 0.252. The predicted molar refractivity (Wildman–Crippen MR) is 86.3 cm³/mol. The molecule has 0 aliphatic heterocycles. The summed E-state index contributed by atoms with van der Waals surface area (Å²) in [5, 5.41) is 5.64. The number of carbonyl (C=O) groups excluding carboxylic acids is 1. The van der Waals surface area contributed by atoms with Crippen LogP contribution in [0.5, 0.6) is 0 Å². The third-order valence-electron chi connectivity index (χ3n) is 2.64. The summed E-state index contributed by atoms with van der Waals surface area (Å²) in [6.07, 6.45) is 0.834. The molecule has 0 spiro atoms. The summed E-state index contributed by atoms with van der Waals surface area (Å²) in [6.45, 7) is 0.625. The van der Waals surface area contributed by atoms with Crippen LogP contribution in [0.4, 0.5) is 10.5 Å². The third-order valence-corrected chi connectivity index (χ3v) is 3.36. The normalized spacial score (nSPS) is 9.95. The van der Waals surface area contributed by atoms with E-state index < -0.39 is 0 Å². The van der Waals surface area contributed by atoms with Gasteiger partial charge in [0.1, 0.15) is 0 Å². The summed E-state index contributed by atoms with van der Waals surface area (Å²) in [5.74, 6) is 0. The number of nitrogens with one attached hydrogen (secondary N) is 2. The topological polar surface area (TPSA) is 41.1 Å². The number of anilines is 1. The Kier molecular flexibility index (Phi) is 5.20. The molecule has 2 amide bonds. The van der Waals surface area contributed by atoms with Gasteiger partial charge < -0.3 is 10.6 Å². The molecular weight excluding hydrogens is 351 g/mol. The van der Waals surface area contributed by atoms with Crippen LogP contribution in [0.15, 0.2) is 54.6 Å². The van der Waals surface area contributed by atoms with Gasteiger partial charge in [-0.25, -0.2) is 4.79 Å². The summed E-state index contributed by atoms with van der Waals surface area (Å²) < 4.78 is 1.15. The van der Waals surface area contributed by atoms with Crippen molar-refractivity contribution >= 4 is 34.3 Å². The van der Waals surface area contributed by atoms with Crippen LogP contribution in [0.3, 0.4) is 0 Å². The van der Waals surface area contributed by atoms with Crippen molar-refractivity contribution in [3.8, 4) is 0 Å². The first-order valence-corrected chi connectivity index (χ1v) is 7.16. The lowest BCUT2D eigenvalue weighted by Crippen LogP contribution is -2.30. The van der Waals surface area contributed by atoms with Crippen LogP contribution in [0.1, 0.15) is 5.56 Å². The van der Waals surface area contributed by atoms with Crippen molar-refractivity contribution in [2.24, 2.45) is 0 Å². The van der Waals surface area contributed by atoms with Crippen molar-refractivity contribution in [1.82, 2.24) is 5.32 Å². The van der Waals surface area contributed by atoms with Crippen LogP contribution < -0.4 is 10.6 Å². The summed E-state index contributed by atoms with van der Waals surface area (Å²) in [4.78, 5) is 11.7. The minimum Gasteiger partial charge on any atom is -0.338 e. The average molecular weight is 366 g/mol. The first-order valence-electron chi connectivity index (χ1n) is 6.08. The molecule has 2 aromatic rings. The molecular formula is C15H15IN2O. The SMILES string of the molecule is O=C(NCCc1ccccc1)Nc1ccc(I)cc1. The number of hydrogen-bond donors (Lipinski definition) is 2. The molecule has 0 bridgehead atoms. The fourth-order valence-corrected chi connectivity index (χ4v) is 2.03. The van der Waals surface area contributed by atoms with E-state index in [1.807, 2.05) is 42.5 Å². The molecule has 0 saturated carbocycles. The Balaban J connectivity index is 1.74. The Bertz CT molecular complexity index is 526. The van der Waals surface area contributed by atoms with Crippen LogP contribution in [0.2, 0.25) is 0 Å². The minimum absolute atomic E-state index is 0.169. The molecule has 98 valence electrons. The van der Waals surface area contributed by atoms with E-state index in [-0.39, 0.29) is 6.03 Å². The van der Waals surface area contributed by atoms with E-state index in [2.05, 4.69) is 45.4 Å². The summed E-state index contributed by atoms with van der Waals surface area (Å²) >= 11 is 2.23. The van der Waals surface area contributed by atoms with Gasteiger partial charge in [-0.2, -0.15) is 0 Å². The van der Waals surface area contributed by atoms with E-state index in [9.17, 15) is 4.79 Å². The molecule has 19 heavy (non-hydrogen) atoms. The quantitative estimate of drug-likeness (QED) is 0.797. The van der Waals surface area contributed by atoms with Crippen molar-refractivity contribution in [3.63, 3.8) is 0 Å². The molecule has 0 saturated heterocycles. The van der Waals surface area contributed by atoms with E-state index in [0.717, 1.165) is 15.7 Å². The zero-order valence-electron chi connectivity index (χ0n) is 10.4. The first-order chi connectivity index (χ1) is 9.24. The van der Waals surface area contributed by atoms with Crippen LogP contribution in [-0.4, -0.2) is 12.6 Å². The van der Waals surface area contributed by atoms with E-state index in [0.29, 0.717) is 6.54 Å². The largest absolute Gasteiger partial charge is 0.338 e. The van der Waals surface area contributed by atoms with Crippen molar-refractivity contribution in [1.29, 1.82) is 0 Å². The van der Waals surface area contributed by atoms with E-state index in [4.69, 9.17) is 0 Å². The molecule has 3 nitrogen and oxygen atoms in total. The predicted octanol–water partition coefficient (Wildman–Crippen LogP) is 3.66. The number of carbonyl (C=O) groups is 1. The molecule has 0 aliphatic carbocycles. The zero-order valence-corrected chi connectivity index (χ0v) is 12.6. The lowest BCUT2D eigenvalue weighted by atomic mass is 10.1. The molecule has 0 fully saturated rings.